The number of aryl methyl sites for hydroxylation is 1. The Morgan fingerprint density at radius 3 is 2.44 bits per heavy atom. The molecule has 4 rings (SSSR count). The van der Waals surface area contributed by atoms with Crippen LogP contribution in [0.3, 0.4) is 0 Å². The molecule has 1 heterocycles. The van der Waals surface area contributed by atoms with Gasteiger partial charge in [0.1, 0.15) is 0 Å². The highest BCUT2D eigenvalue weighted by atomic mass is 35.5. The predicted octanol–water partition coefficient (Wildman–Crippen LogP) is 4.20. The van der Waals surface area contributed by atoms with E-state index in [4.69, 9.17) is 11.6 Å². The lowest BCUT2D eigenvalue weighted by molar-refractivity contribution is 0.102. The lowest BCUT2D eigenvalue weighted by Gasteiger charge is -2.32. The molecule has 3 aromatic rings. The summed E-state index contributed by atoms with van der Waals surface area (Å²) in [5.74, 6) is -0.101. The van der Waals surface area contributed by atoms with Crippen LogP contribution in [0.2, 0.25) is 5.02 Å². The van der Waals surface area contributed by atoms with Crippen molar-refractivity contribution in [3.05, 3.63) is 70.7 Å². The molecule has 0 saturated carbocycles. The van der Waals surface area contributed by atoms with Crippen LogP contribution in [0.1, 0.15) is 15.9 Å². The molecule has 0 atom stereocenters. The second-order valence-electron chi connectivity index (χ2n) is 6.48. The van der Waals surface area contributed by atoms with Crippen molar-refractivity contribution in [2.45, 2.75) is 6.92 Å². The molecule has 1 amide bonds. The summed E-state index contributed by atoms with van der Waals surface area (Å²) in [6, 6.07) is 15.9. The van der Waals surface area contributed by atoms with Gasteiger partial charge < -0.3 is 5.32 Å². The smallest absolute Gasteiger partial charge is 0.255 e. The molecule has 3 aromatic carbocycles. The summed E-state index contributed by atoms with van der Waals surface area (Å²) in [5.41, 5.74) is 2.74. The Bertz CT molecular complexity index is 1150. The summed E-state index contributed by atoms with van der Waals surface area (Å²) in [6.45, 7) is 2.45. The molecule has 0 radical (unpaired) electrons. The zero-order valence-corrected chi connectivity index (χ0v) is 16.1. The van der Waals surface area contributed by atoms with E-state index in [1.165, 1.54) is 4.31 Å². The minimum Gasteiger partial charge on any atom is -0.321 e. The van der Waals surface area contributed by atoms with Crippen LogP contribution < -0.4 is 9.62 Å². The second kappa shape index (κ2) is 6.55. The predicted molar refractivity (Wildman–Crippen MR) is 109 cm³/mol. The van der Waals surface area contributed by atoms with Gasteiger partial charge in [-0.15, -0.1) is 0 Å². The van der Waals surface area contributed by atoms with E-state index in [0.29, 0.717) is 28.5 Å². The van der Waals surface area contributed by atoms with Crippen LogP contribution in [-0.4, -0.2) is 26.6 Å². The standard InChI is InChI=1S/C20H17ClN2O3S/c1-13-3-2-4-16-18(10-9-17(21)19(13)16)22-20(24)14-5-7-15(8-6-14)23-11-12-27(23,25)26/h2-10H,11-12H2,1H3,(H,22,24). The number of anilines is 2. The zero-order valence-electron chi connectivity index (χ0n) is 14.6. The molecule has 1 saturated heterocycles. The average molecular weight is 401 g/mol. The minimum atomic E-state index is -3.17. The molecule has 0 aromatic heterocycles. The normalized spacial score (nSPS) is 15.4. The third-order valence-corrected chi connectivity index (χ3v) is 6.83. The van der Waals surface area contributed by atoms with Crippen molar-refractivity contribution in [1.82, 2.24) is 0 Å². The molecule has 0 unspecified atom stereocenters. The second-order valence-corrected chi connectivity index (χ2v) is 8.90. The van der Waals surface area contributed by atoms with E-state index in [9.17, 15) is 13.2 Å². The fourth-order valence-electron chi connectivity index (χ4n) is 3.24. The van der Waals surface area contributed by atoms with Gasteiger partial charge in [-0.3, -0.25) is 9.10 Å². The minimum absolute atomic E-state index is 0.165. The Kier molecular flexibility index (Phi) is 4.32. The maximum atomic E-state index is 12.6. The average Bonchev–Trinajstić information content (AvgIpc) is 2.64. The summed E-state index contributed by atoms with van der Waals surface area (Å²) in [4.78, 5) is 12.6. The van der Waals surface area contributed by atoms with Crippen molar-refractivity contribution >= 4 is 49.7 Å². The lowest BCUT2D eigenvalue weighted by atomic mass is 10.0. The molecular formula is C20H17ClN2O3S. The summed E-state index contributed by atoms with van der Waals surface area (Å²) in [7, 11) is -3.17. The molecule has 138 valence electrons. The van der Waals surface area contributed by atoms with Gasteiger partial charge in [-0.05, 0) is 48.9 Å². The molecule has 27 heavy (non-hydrogen) atoms. The Morgan fingerprint density at radius 1 is 1.07 bits per heavy atom. The van der Waals surface area contributed by atoms with Gasteiger partial charge in [0.25, 0.3) is 5.91 Å². The van der Waals surface area contributed by atoms with Gasteiger partial charge in [0, 0.05) is 33.6 Å². The van der Waals surface area contributed by atoms with Gasteiger partial charge in [-0.1, -0.05) is 29.8 Å². The number of nitrogens with one attached hydrogen (secondary N) is 1. The number of nitrogens with zero attached hydrogens (tertiary/aromatic N) is 1. The number of hydrogen-bond donors (Lipinski definition) is 1. The quantitative estimate of drug-likeness (QED) is 0.716. The molecule has 0 aliphatic carbocycles. The summed E-state index contributed by atoms with van der Waals surface area (Å²) in [6.07, 6.45) is 0. The van der Waals surface area contributed by atoms with Crippen LogP contribution in [0.25, 0.3) is 10.8 Å². The number of amides is 1. The number of carbonyl (C=O) groups is 1. The first kappa shape index (κ1) is 17.8. The van der Waals surface area contributed by atoms with Crippen molar-refractivity contribution in [2.24, 2.45) is 0 Å². The first-order chi connectivity index (χ1) is 12.9. The van der Waals surface area contributed by atoms with Crippen molar-refractivity contribution in [3.8, 4) is 0 Å². The molecule has 1 fully saturated rings. The number of fused-ring (bicyclic) bond motifs is 1. The number of carbonyl (C=O) groups excluding carboxylic acids is 1. The van der Waals surface area contributed by atoms with E-state index in [1.54, 1.807) is 36.4 Å². The van der Waals surface area contributed by atoms with Crippen molar-refractivity contribution in [3.63, 3.8) is 0 Å². The monoisotopic (exact) mass is 400 g/mol. The first-order valence-electron chi connectivity index (χ1n) is 8.46. The third-order valence-electron chi connectivity index (χ3n) is 4.75. The van der Waals surface area contributed by atoms with Crippen LogP contribution in [0.15, 0.2) is 54.6 Å². The molecule has 1 N–H and O–H groups in total. The number of benzene rings is 3. The third kappa shape index (κ3) is 3.15. The van der Waals surface area contributed by atoms with E-state index in [-0.39, 0.29) is 11.7 Å². The SMILES string of the molecule is Cc1cccc2c(NC(=O)c3ccc(N4CCS4(=O)=O)cc3)ccc(Cl)c12. The Labute approximate surface area is 162 Å². The van der Waals surface area contributed by atoms with E-state index in [1.807, 2.05) is 25.1 Å². The fraction of sp³-hybridized carbons (Fsp3) is 0.150. The number of rotatable bonds is 3. The highest BCUT2D eigenvalue weighted by Gasteiger charge is 2.32. The van der Waals surface area contributed by atoms with Gasteiger partial charge in [0.05, 0.1) is 11.4 Å². The Balaban J connectivity index is 1.61. The topological polar surface area (TPSA) is 66.5 Å². The fourth-order valence-corrected chi connectivity index (χ4v) is 4.66. The van der Waals surface area contributed by atoms with Crippen LogP contribution in [0, 0.1) is 6.92 Å². The van der Waals surface area contributed by atoms with E-state index < -0.39 is 10.0 Å². The molecular weight excluding hydrogens is 384 g/mol. The van der Waals surface area contributed by atoms with Crippen LogP contribution in [0.4, 0.5) is 11.4 Å². The van der Waals surface area contributed by atoms with E-state index >= 15 is 0 Å². The molecule has 5 nitrogen and oxygen atoms in total. The van der Waals surface area contributed by atoms with Crippen molar-refractivity contribution in [1.29, 1.82) is 0 Å². The molecule has 0 spiro atoms. The highest BCUT2D eigenvalue weighted by molar-refractivity contribution is 7.94. The van der Waals surface area contributed by atoms with Gasteiger partial charge in [-0.2, -0.15) is 0 Å². The maximum Gasteiger partial charge on any atom is 0.255 e. The van der Waals surface area contributed by atoms with E-state index in [2.05, 4.69) is 5.32 Å². The lowest BCUT2D eigenvalue weighted by Crippen LogP contribution is -2.47. The molecule has 7 heteroatoms. The van der Waals surface area contributed by atoms with Crippen molar-refractivity contribution in [2.75, 3.05) is 21.9 Å². The molecule has 1 aliphatic heterocycles. The summed E-state index contributed by atoms with van der Waals surface area (Å²) >= 11 is 6.31. The van der Waals surface area contributed by atoms with Crippen molar-refractivity contribution < 1.29 is 13.2 Å². The van der Waals surface area contributed by atoms with Gasteiger partial charge >= 0.3 is 0 Å². The largest absolute Gasteiger partial charge is 0.321 e. The summed E-state index contributed by atoms with van der Waals surface area (Å²) in [5, 5.41) is 5.35. The maximum absolute atomic E-state index is 12.6. The highest BCUT2D eigenvalue weighted by Crippen LogP contribution is 2.32. The van der Waals surface area contributed by atoms with Crippen LogP contribution in [-0.2, 0) is 10.0 Å². The van der Waals surface area contributed by atoms with E-state index in [0.717, 1.165) is 16.3 Å². The Hall–Kier alpha value is -2.57. The Morgan fingerprint density at radius 2 is 1.81 bits per heavy atom. The van der Waals surface area contributed by atoms with Gasteiger partial charge in [0.2, 0.25) is 10.0 Å². The number of halogens is 1. The van der Waals surface area contributed by atoms with Gasteiger partial charge in [-0.25, -0.2) is 8.42 Å². The summed E-state index contributed by atoms with van der Waals surface area (Å²) < 4.78 is 24.7. The van der Waals surface area contributed by atoms with Crippen LogP contribution >= 0.6 is 11.6 Å². The first-order valence-corrected chi connectivity index (χ1v) is 10.5. The number of hydrogen-bond acceptors (Lipinski definition) is 3. The molecule has 1 aliphatic rings. The molecule has 0 bridgehead atoms. The number of sulfonamides is 1. The zero-order chi connectivity index (χ0) is 19.2. The van der Waals surface area contributed by atoms with Crippen LogP contribution in [0.5, 0.6) is 0 Å². The van der Waals surface area contributed by atoms with Gasteiger partial charge in [0.15, 0.2) is 0 Å².